The van der Waals surface area contributed by atoms with Crippen LogP contribution in [0.25, 0.3) is 0 Å². The van der Waals surface area contributed by atoms with Crippen LogP contribution in [0.2, 0.25) is 5.15 Å². The van der Waals surface area contributed by atoms with Crippen molar-refractivity contribution in [3.8, 4) is 5.75 Å². The summed E-state index contributed by atoms with van der Waals surface area (Å²) < 4.78 is 27.4. The van der Waals surface area contributed by atoms with Crippen molar-refractivity contribution in [2.75, 3.05) is 0 Å². The molecular formula is C7H4ClF2NO2. The largest absolute Gasteiger partial charge is 0.433 e. The van der Waals surface area contributed by atoms with Crippen LogP contribution >= 0.6 is 11.6 Å². The Morgan fingerprint density at radius 2 is 2.31 bits per heavy atom. The zero-order valence-corrected chi connectivity index (χ0v) is 6.96. The maximum atomic E-state index is 11.7. The van der Waals surface area contributed by atoms with Crippen molar-refractivity contribution in [1.82, 2.24) is 4.98 Å². The van der Waals surface area contributed by atoms with Gasteiger partial charge in [-0.2, -0.15) is 8.78 Å². The molecule has 13 heavy (non-hydrogen) atoms. The summed E-state index contributed by atoms with van der Waals surface area (Å²) in [5, 5.41) is -0.0448. The zero-order valence-electron chi connectivity index (χ0n) is 6.21. The third kappa shape index (κ3) is 2.62. The second-order valence-corrected chi connectivity index (χ2v) is 2.41. The number of halogens is 3. The fourth-order valence-electron chi connectivity index (χ4n) is 0.695. The van der Waals surface area contributed by atoms with Gasteiger partial charge in [-0.15, -0.1) is 0 Å². The second kappa shape index (κ2) is 4.13. The predicted molar refractivity (Wildman–Crippen MR) is 41.3 cm³/mol. The smallest absolute Gasteiger partial charge is 0.387 e. The number of carbonyl (C=O) groups is 1. The Morgan fingerprint density at radius 3 is 2.85 bits per heavy atom. The molecule has 0 saturated carbocycles. The fourth-order valence-corrected chi connectivity index (χ4v) is 0.843. The molecule has 0 amide bonds. The third-order valence-corrected chi connectivity index (χ3v) is 1.51. The molecule has 0 N–H and O–H groups in total. The molecule has 0 saturated heterocycles. The van der Waals surface area contributed by atoms with Crippen LogP contribution in [-0.4, -0.2) is 17.9 Å². The highest BCUT2D eigenvalue weighted by molar-refractivity contribution is 6.31. The van der Waals surface area contributed by atoms with Crippen molar-refractivity contribution in [2.24, 2.45) is 0 Å². The van der Waals surface area contributed by atoms with Gasteiger partial charge in [0.1, 0.15) is 10.9 Å². The molecule has 0 aromatic carbocycles. The molecule has 0 aliphatic rings. The van der Waals surface area contributed by atoms with Crippen LogP contribution in [0.15, 0.2) is 12.3 Å². The van der Waals surface area contributed by atoms with E-state index in [4.69, 9.17) is 11.6 Å². The number of ether oxygens (including phenoxy) is 1. The van der Waals surface area contributed by atoms with Crippen LogP contribution in [0.1, 0.15) is 10.4 Å². The fraction of sp³-hybridized carbons (Fsp3) is 0.143. The van der Waals surface area contributed by atoms with Crippen LogP contribution in [-0.2, 0) is 0 Å². The standard InChI is InChI=1S/C7H4ClF2NO2/c8-6-4(3-12)1-5(2-11-6)13-7(9)10/h1-3,7H. The summed E-state index contributed by atoms with van der Waals surface area (Å²) in [6.07, 6.45) is 1.43. The lowest BCUT2D eigenvalue weighted by Gasteiger charge is -2.03. The first-order chi connectivity index (χ1) is 6.13. The van der Waals surface area contributed by atoms with Gasteiger partial charge in [0.2, 0.25) is 0 Å². The van der Waals surface area contributed by atoms with Crippen molar-refractivity contribution >= 4 is 17.9 Å². The van der Waals surface area contributed by atoms with E-state index in [2.05, 4.69) is 9.72 Å². The van der Waals surface area contributed by atoms with Crippen molar-refractivity contribution < 1.29 is 18.3 Å². The summed E-state index contributed by atoms with van der Waals surface area (Å²) in [6, 6.07) is 1.09. The van der Waals surface area contributed by atoms with Crippen molar-refractivity contribution in [3.05, 3.63) is 23.0 Å². The second-order valence-electron chi connectivity index (χ2n) is 2.05. The Bertz CT molecular complexity index is 319. The first-order valence-corrected chi connectivity index (χ1v) is 3.57. The quantitative estimate of drug-likeness (QED) is 0.563. The molecule has 0 aliphatic heterocycles. The molecule has 0 unspecified atom stereocenters. The summed E-state index contributed by atoms with van der Waals surface area (Å²) in [7, 11) is 0. The molecule has 0 aliphatic carbocycles. The van der Waals surface area contributed by atoms with Crippen molar-refractivity contribution in [1.29, 1.82) is 0 Å². The average molecular weight is 208 g/mol. The van der Waals surface area contributed by atoms with E-state index >= 15 is 0 Å². The summed E-state index contributed by atoms with van der Waals surface area (Å²) in [4.78, 5) is 13.8. The Kier molecular flexibility index (Phi) is 3.13. The summed E-state index contributed by atoms with van der Waals surface area (Å²) >= 11 is 5.45. The third-order valence-electron chi connectivity index (χ3n) is 1.19. The lowest BCUT2D eigenvalue weighted by atomic mass is 10.3. The highest BCUT2D eigenvalue weighted by Gasteiger charge is 2.07. The van der Waals surface area contributed by atoms with Gasteiger partial charge in [0.25, 0.3) is 0 Å². The average Bonchev–Trinajstić information content (AvgIpc) is 2.07. The van der Waals surface area contributed by atoms with Crippen LogP contribution in [0.4, 0.5) is 8.78 Å². The topological polar surface area (TPSA) is 39.2 Å². The number of hydrogen-bond donors (Lipinski definition) is 0. The molecule has 1 rings (SSSR count). The van der Waals surface area contributed by atoms with Crippen LogP contribution in [0.5, 0.6) is 5.75 Å². The number of pyridine rings is 1. The van der Waals surface area contributed by atoms with Gasteiger partial charge in [0.15, 0.2) is 6.29 Å². The van der Waals surface area contributed by atoms with E-state index in [0.29, 0.717) is 6.29 Å². The van der Waals surface area contributed by atoms with E-state index in [-0.39, 0.29) is 16.5 Å². The molecule has 6 heteroatoms. The van der Waals surface area contributed by atoms with E-state index in [9.17, 15) is 13.6 Å². The molecule has 0 bridgehead atoms. The van der Waals surface area contributed by atoms with Gasteiger partial charge in [-0.1, -0.05) is 11.6 Å². The van der Waals surface area contributed by atoms with Gasteiger partial charge in [-0.3, -0.25) is 4.79 Å². The minimum atomic E-state index is -2.94. The lowest BCUT2D eigenvalue weighted by Crippen LogP contribution is -2.02. The van der Waals surface area contributed by atoms with Gasteiger partial charge >= 0.3 is 6.61 Å². The number of aromatic nitrogens is 1. The first-order valence-electron chi connectivity index (χ1n) is 3.19. The summed E-state index contributed by atoms with van der Waals surface area (Å²) in [5.41, 5.74) is 0.0137. The minimum Gasteiger partial charge on any atom is -0.433 e. The number of hydrogen-bond acceptors (Lipinski definition) is 3. The normalized spacial score (nSPS) is 10.2. The molecule has 0 atom stereocenters. The number of alkyl halides is 2. The Morgan fingerprint density at radius 1 is 1.62 bits per heavy atom. The first kappa shape index (κ1) is 9.85. The summed E-state index contributed by atoms with van der Waals surface area (Å²) in [6.45, 7) is -2.94. The van der Waals surface area contributed by atoms with Crippen LogP contribution in [0.3, 0.4) is 0 Å². The lowest BCUT2D eigenvalue weighted by molar-refractivity contribution is -0.0501. The van der Waals surface area contributed by atoms with Gasteiger partial charge in [0.05, 0.1) is 11.8 Å². The molecule has 70 valence electrons. The Balaban J connectivity index is 2.92. The molecule has 1 heterocycles. The summed E-state index contributed by atoms with van der Waals surface area (Å²) in [5.74, 6) is -0.193. The molecule has 1 aromatic rings. The van der Waals surface area contributed by atoms with Gasteiger partial charge in [0, 0.05) is 0 Å². The SMILES string of the molecule is O=Cc1cc(OC(F)F)cnc1Cl. The molecule has 0 spiro atoms. The van der Waals surface area contributed by atoms with E-state index in [1.54, 1.807) is 0 Å². The van der Waals surface area contributed by atoms with Crippen LogP contribution < -0.4 is 4.74 Å². The van der Waals surface area contributed by atoms with E-state index in [1.807, 2.05) is 0 Å². The van der Waals surface area contributed by atoms with Crippen molar-refractivity contribution in [3.63, 3.8) is 0 Å². The predicted octanol–water partition coefficient (Wildman–Crippen LogP) is 2.15. The van der Waals surface area contributed by atoms with E-state index in [1.165, 1.54) is 0 Å². The van der Waals surface area contributed by atoms with Gasteiger partial charge < -0.3 is 4.74 Å². The molecular weight excluding hydrogens is 204 g/mol. The Labute approximate surface area is 77.3 Å². The number of aldehydes is 1. The molecule has 1 aromatic heterocycles. The monoisotopic (exact) mass is 207 g/mol. The zero-order chi connectivity index (χ0) is 9.84. The molecule has 3 nitrogen and oxygen atoms in total. The van der Waals surface area contributed by atoms with E-state index < -0.39 is 6.61 Å². The van der Waals surface area contributed by atoms with Crippen molar-refractivity contribution in [2.45, 2.75) is 6.61 Å². The molecule has 0 fully saturated rings. The number of rotatable bonds is 3. The highest BCUT2D eigenvalue weighted by Crippen LogP contribution is 2.18. The maximum absolute atomic E-state index is 11.7. The van der Waals surface area contributed by atoms with E-state index in [0.717, 1.165) is 12.3 Å². The Hall–Kier alpha value is -1.23. The maximum Gasteiger partial charge on any atom is 0.387 e. The number of nitrogens with zero attached hydrogens (tertiary/aromatic N) is 1. The van der Waals surface area contributed by atoms with Crippen LogP contribution in [0, 0.1) is 0 Å². The highest BCUT2D eigenvalue weighted by atomic mass is 35.5. The minimum absolute atomic E-state index is 0.0137. The van der Waals surface area contributed by atoms with Gasteiger partial charge in [-0.25, -0.2) is 4.98 Å². The molecule has 0 radical (unpaired) electrons. The number of carbonyl (C=O) groups excluding carboxylic acids is 1. The van der Waals surface area contributed by atoms with Gasteiger partial charge in [-0.05, 0) is 6.07 Å².